The van der Waals surface area contributed by atoms with Gasteiger partial charge < -0.3 is 9.64 Å². The molecule has 1 aliphatic rings. The molecule has 24 heavy (non-hydrogen) atoms. The first-order valence-corrected chi connectivity index (χ1v) is 8.48. The van der Waals surface area contributed by atoms with Crippen LogP contribution in [0.3, 0.4) is 0 Å². The van der Waals surface area contributed by atoms with Crippen molar-refractivity contribution in [3.63, 3.8) is 0 Å². The van der Waals surface area contributed by atoms with E-state index in [1.54, 1.807) is 6.92 Å². The first-order valence-electron chi connectivity index (χ1n) is 8.10. The number of hydrogen-bond acceptors (Lipinski definition) is 3. The highest BCUT2D eigenvalue weighted by atomic mass is 35.5. The number of carbonyl (C=O) groups is 1. The molecule has 0 aliphatic carbocycles. The van der Waals surface area contributed by atoms with Gasteiger partial charge in [-0.05, 0) is 42.0 Å². The van der Waals surface area contributed by atoms with Crippen molar-refractivity contribution in [2.75, 3.05) is 26.2 Å². The fraction of sp³-hybridized carbons (Fsp3) is 0.316. The Morgan fingerprint density at radius 2 is 1.75 bits per heavy atom. The molecule has 0 aromatic heterocycles. The lowest BCUT2D eigenvalue weighted by atomic mass is 10.2. The molecule has 2 aromatic carbocycles. The molecule has 1 saturated heterocycles. The number of ether oxygens (including phenoxy) is 1. The molecular weight excluding hydrogens is 324 g/mol. The minimum absolute atomic E-state index is 0.160. The zero-order valence-corrected chi connectivity index (χ0v) is 14.5. The molecule has 1 heterocycles. The highest BCUT2D eigenvalue weighted by Crippen LogP contribution is 2.24. The van der Waals surface area contributed by atoms with E-state index >= 15 is 0 Å². The maximum Gasteiger partial charge on any atom is 0.219 e. The van der Waals surface area contributed by atoms with Crippen LogP contribution in [-0.2, 0) is 11.3 Å². The van der Waals surface area contributed by atoms with Crippen LogP contribution in [0.5, 0.6) is 11.5 Å². The Bertz CT molecular complexity index is 695. The third kappa shape index (κ3) is 4.49. The Balaban J connectivity index is 1.59. The van der Waals surface area contributed by atoms with Gasteiger partial charge in [-0.25, -0.2) is 0 Å². The van der Waals surface area contributed by atoms with E-state index in [-0.39, 0.29) is 5.91 Å². The van der Waals surface area contributed by atoms with Crippen molar-refractivity contribution < 1.29 is 9.53 Å². The molecule has 0 N–H and O–H groups in total. The van der Waals surface area contributed by atoms with Crippen LogP contribution in [-0.4, -0.2) is 41.9 Å². The van der Waals surface area contributed by atoms with E-state index in [2.05, 4.69) is 17.0 Å². The monoisotopic (exact) mass is 344 g/mol. The van der Waals surface area contributed by atoms with E-state index in [0.29, 0.717) is 5.02 Å². The van der Waals surface area contributed by atoms with Crippen molar-refractivity contribution in [1.82, 2.24) is 9.80 Å². The topological polar surface area (TPSA) is 32.8 Å². The van der Waals surface area contributed by atoms with Crippen LogP contribution in [0, 0.1) is 0 Å². The summed E-state index contributed by atoms with van der Waals surface area (Å²) < 4.78 is 5.88. The Hall–Kier alpha value is -2.04. The van der Waals surface area contributed by atoms with Crippen molar-refractivity contribution in [2.24, 2.45) is 0 Å². The molecule has 5 heteroatoms. The largest absolute Gasteiger partial charge is 0.457 e. The summed E-state index contributed by atoms with van der Waals surface area (Å²) in [5, 5.41) is 0.695. The number of halogens is 1. The molecule has 0 saturated carbocycles. The summed E-state index contributed by atoms with van der Waals surface area (Å²) in [4.78, 5) is 15.6. The molecule has 1 amide bonds. The summed E-state index contributed by atoms with van der Waals surface area (Å²) in [5.41, 5.74) is 1.21. The van der Waals surface area contributed by atoms with E-state index < -0.39 is 0 Å². The maximum atomic E-state index is 11.4. The average Bonchev–Trinajstić information content (AvgIpc) is 2.58. The third-order valence-electron chi connectivity index (χ3n) is 4.17. The molecule has 3 rings (SSSR count). The summed E-state index contributed by atoms with van der Waals surface area (Å²) in [6, 6.07) is 15.5. The summed E-state index contributed by atoms with van der Waals surface area (Å²) in [6.07, 6.45) is 0. The molecule has 2 aromatic rings. The second-order valence-corrected chi connectivity index (χ2v) is 6.42. The maximum absolute atomic E-state index is 11.4. The third-order valence-corrected chi connectivity index (χ3v) is 4.42. The van der Waals surface area contributed by atoms with Gasteiger partial charge in [0.25, 0.3) is 0 Å². The van der Waals surface area contributed by atoms with Gasteiger partial charge in [0.05, 0.1) is 0 Å². The van der Waals surface area contributed by atoms with Gasteiger partial charge in [0.15, 0.2) is 0 Å². The quantitative estimate of drug-likeness (QED) is 0.845. The molecule has 0 atom stereocenters. The van der Waals surface area contributed by atoms with Gasteiger partial charge in [0.1, 0.15) is 11.5 Å². The molecule has 126 valence electrons. The zero-order chi connectivity index (χ0) is 16.9. The van der Waals surface area contributed by atoms with E-state index in [0.717, 1.165) is 44.2 Å². The minimum Gasteiger partial charge on any atom is -0.457 e. The summed E-state index contributed by atoms with van der Waals surface area (Å²) in [5.74, 6) is 1.75. The second kappa shape index (κ2) is 7.69. The van der Waals surface area contributed by atoms with Gasteiger partial charge in [-0.15, -0.1) is 0 Å². The number of nitrogens with zero attached hydrogens (tertiary/aromatic N) is 2. The predicted molar refractivity (Wildman–Crippen MR) is 95.5 cm³/mol. The SMILES string of the molecule is CC(=O)N1CCN(Cc2cccc(Oc3ccc(Cl)cc3)c2)CC1. The highest BCUT2D eigenvalue weighted by molar-refractivity contribution is 6.30. The molecule has 1 fully saturated rings. The van der Waals surface area contributed by atoms with Crippen molar-refractivity contribution in [3.05, 3.63) is 59.1 Å². The molecule has 1 aliphatic heterocycles. The molecule has 4 nitrogen and oxygen atoms in total. The van der Waals surface area contributed by atoms with Crippen LogP contribution in [0.15, 0.2) is 48.5 Å². The van der Waals surface area contributed by atoms with Crippen molar-refractivity contribution in [3.8, 4) is 11.5 Å². The first-order chi connectivity index (χ1) is 11.6. The van der Waals surface area contributed by atoms with Crippen LogP contribution >= 0.6 is 11.6 Å². The fourth-order valence-electron chi connectivity index (χ4n) is 2.83. The van der Waals surface area contributed by atoms with Gasteiger partial charge in [0.2, 0.25) is 5.91 Å². The standard InChI is InChI=1S/C19H21ClN2O2/c1-15(23)22-11-9-21(10-12-22)14-16-3-2-4-19(13-16)24-18-7-5-17(20)6-8-18/h2-8,13H,9-12,14H2,1H3. The highest BCUT2D eigenvalue weighted by Gasteiger charge is 2.18. The Kier molecular flexibility index (Phi) is 5.38. The molecule has 0 unspecified atom stereocenters. The van der Waals surface area contributed by atoms with E-state index in [1.807, 2.05) is 41.3 Å². The summed E-state index contributed by atoms with van der Waals surface area (Å²) in [6.45, 7) is 5.91. The van der Waals surface area contributed by atoms with Crippen LogP contribution in [0.1, 0.15) is 12.5 Å². The summed E-state index contributed by atoms with van der Waals surface area (Å²) in [7, 11) is 0. The number of rotatable bonds is 4. The number of carbonyl (C=O) groups excluding carboxylic acids is 1. The fourth-order valence-corrected chi connectivity index (χ4v) is 2.95. The van der Waals surface area contributed by atoms with Crippen LogP contribution < -0.4 is 4.74 Å². The number of hydrogen-bond donors (Lipinski definition) is 0. The molecule has 0 spiro atoms. The normalized spacial score (nSPS) is 15.3. The molecular formula is C19H21ClN2O2. The Morgan fingerprint density at radius 1 is 1.04 bits per heavy atom. The zero-order valence-electron chi connectivity index (χ0n) is 13.7. The number of amides is 1. The molecule has 0 bridgehead atoms. The Labute approximate surface area is 147 Å². The number of benzene rings is 2. The van der Waals surface area contributed by atoms with Crippen LogP contribution in [0.2, 0.25) is 5.02 Å². The lowest BCUT2D eigenvalue weighted by molar-refractivity contribution is -0.130. The lowest BCUT2D eigenvalue weighted by Crippen LogP contribution is -2.47. The van der Waals surface area contributed by atoms with Gasteiger partial charge in [-0.2, -0.15) is 0 Å². The predicted octanol–water partition coefficient (Wildman–Crippen LogP) is 3.80. The first kappa shape index (κ1) is 16.8. The van der Waals surface area contributed by atoms with Crippen LogP contribution in [0.4, 0.5) is 0 Å². The van der Waals surface area contributed by atoms with Gasteiger partial charge in [-0.1, -0.05) is 23.7 Å². The van der Waals surface area contributed by atoms with Crippen molar-refractivity contribution in [2.45, 2.75) is 13.5 Å². The van der Waals surface area contributed by atoms with Crippen molar-refractivity contribution in [1.29, 1.82) is 0 Å². The average molecular weight is 345 g/mol. The van der Waals surface area contributed by atoms with Crippen molar-refractivity contribution >= 4 is 17.5 Å². The summed E-state index contributed by atoms with van der Waals surface area (Å²) >= 11 is 5.89. The smallest absolute Gasteiger partial charge is 0.219 e. The number of piperazine rings is 1. The van der Waals surface area contributed by atoms with Crippen LogP contribution in [0.25, 0.3) is 0 Å². The van der Waals surface area contributed by atoms with E-state index in [4.69, 9.17) is 16.3 Å². The Morgan fingerprint density at radius 3 is 2.42 bits per heavy atom. The second-order valence-electron chi connectivity index (χ2n) is 5.99. The van der Waals surface area contributed by atoms with Gasteiger partial charge >= 0.3 is 0 Å². The van der Waals surface area contributed by atoms with Gasteiger partial charge in [0, 0.05) is 44.7 Å². The molecule has 0 radical (unpaired) electrons. The minimum atomic E-state index is 0.160. The van der Waals surface area contributed by atoms with E-state index in [9.17, 15) is 4.79 Å². The van der Waals surface area contributed by atoms with Gasteiger partial charge in [-0.3, -0.25) is 9.69 Å². The lowest BCUT2D eigenvalue weighted by Gasteiger charge is -2.34. The van der Waals surface area contributed by atoms with E-state index in [1.165, 1.54) is 5.56 Å².